The van der Waals surface area contributed by atoms with Crippen molar-refractivity contribution >= 4 is 16.9 Å². The largest absolute Gasteiger partial charge is 0.481 e. The molecule has 100 valence electrons. The summed E-state index contributed by atoms with van der Waals surface area (Å²) >= 11 is 0. The number of aliphatic carboxylic acids is 1. The maximum Gasteiger partial charge on any atom is 0.308 e. The van der Waals surface area contributed by atoms with Crippen molar-refractivity contribution in [1.29, 1.82) is 0 Å². The highest BCUT2D eigenvalue weighted by Gasteiger charge is 2.45. The summed E-state index contributed by atoms with van der Waals surface area (Å²) in [5, 5.41) is 10.1. The van der Waals surface area contributed by atoms with Gasteiger partial charge in [0.15, 0.2) is 0 Å². The summed E-state index contributed by atoms with van der Waals surface area (Å²) in [5.74, 6) is -0.850. The summed E-state index contributed by atoms with van der Waals surface area (Å²) in [6.45, 7) is 0.859. The van der Waals surface area contributed by atoms with Gasteiger partial charge < -0.3 is 14.4 Å². The second kappa shape index (κ2) is 4.70. The Labute approximate surface area is 111 Å². The van der Waals surface area contributed by atoms with E-state index in [1.165, 1.54) is 5.56 Å². The number of likely N-dealkylation sites (N-methyl/N-ethyl adjacent to an activating group) is 1. The highest BCUT2D eigenvalue weighted by molar-refractivity contribution is 5.80. The molecule has 1 saturated carbocycles. The van der Waals surface area contributed by atoms with E-state index in [1.807, 2.05) is 25.2 Å². The van der Waals surface area contributed by atoms with E-state index in [1.54, 1.807) is 6.26 Å². The van der Waals surface area contributed by atoms with Gasteiger partial charge in [-0.25, -0.2) is 0 Å². The molecular weight excluding hydrogens is 242 g/mol. The monoisotopic (exact) mass is 259 g/mol. The van der Waals surface area contributed by atoms with E-state index in [4.69, 9.17) is 9.52 Å². The van der Waals surface area contributed by atoms with Gasteiger partial charge in [0.05, 0.1) is 12.2 Å². The fraction of sp³-hybridized carbons (Fsp3) is 0.400. The van der Waals surface area contributed by atoms with Crippen LogP contribution in [0.3, 0.4) is 0 Å². The molecule has 0 radical (unpaired) electrons. The SMILES string of the molecule is CN(CCc1coc2ccccc12)C1CC1C(=O)O. The maximum absolute atomic E-state index is 10.8. The van der Waals surface area contributed by atoms with Crippen molar-refractivity contribution in [2.24, 2.45) is 5.92 Å². The lowest BCUT2D eigenvalue weighted by Gasteiger charge is -2.15. The first kappa shape index (κ1) is 12.2. The Morgan fingerprint density at radius 3 is 3.00 bits per heavy atom. The Morgan fingerprint density at radius 1 is 1.47 bits per heavy atom. The highest BCUT2D eigenvalue weighted by atomic mass is 16.4. The molecule has 0 bridgehead atoms. The van der Waals surface area contributed by atoms with Gasteiger partial charge in [0.2, 0.25) is 0 Å². The zero-order valence-electron chi connectivity index (χ0n) is 10.9. The number of hydrogen-bond acceptors (Lipinski definition) is 3. The van der Waals surface area contributed by atoms with Crippen LogP contribution in [0.15, 0.2) is 34.9 Å². The zero-order valence-corrected chi connectivity index (χ0v) is 10.9. The minimum atomic E-state index is -0.675. The van der Waals surface area contributed by atoms with Gasteiger partial charge in [0.1, 0.15) is 5.58 Å². The molecule has 1 aliphatic rings. The molecule has 0 saturated heterocycles. The van der Waals surface area contributed by atoms with Gasteiger partial charge in [-0.3, -0.25) is 4.79 Å². The van der Waals surface area contributed by atoms with Crippen LogP contribution in [0.25, 0.3) is 11.0 Å². The molecule has 1 aromatic carbocycles. The van der Waals surface area contributed by atoms with Gasteiger partial charge in [-0.2, -0.15) is 0 Å². The Morgan fingerprint density at radius 2 is 2.26 bits per heavy atom. The molecule has 1 fully saturated rings. The van der Waals surface area contributed by atoms with Gasteiger partial charge >= 0.3 is 5.97 Å². The van der Waals surface area contributed by atoms with Crippen LogP contribution in [-0.2, 0) is 11.2 Å². The smallest absolute Gasteiger partial charge is 0.308 e. The molecule has 1 aromatic heterocycles. The molecule has 0 aliphatic heterocycles. The number of fused-ring (bicyclic) bond motifs is 1. The Bertz CT molecular complexity index is 604. The molecule has 3 rings (SSSR count). The average molecular weight is 259 g/mol. The number of carbonyl (C=O) groups is 1. The van der Waals surface area contributed by atoms with E-state index in [9.17, 15) is 4.79 Å². The predicted octanol–water partition coefficient (Wildman–Crippen LogP) is 2.38. The number of benzene rings is 1. The molecule has 19 heavy (non-hydrogen) atoms. The molecule has 1 N–H and O–H groups in total. The summed E-state index contributed by atoms with van der Waals surface area (Å²) in [4.78, 5) is 13.0. The van der Waals surface area contributed by atoms with E-state index < -0.39 is 5.97 Å². The average Bonchev–Trinajstić information content (AvgIpc) is 3.11. The van der Waals surface area contributed by atoms with Gasteiger partial charge in [-0.1, -0.05) is 18.2 Å². The fourth-order valence-corrected chi connectivity index (χ4v) is 2.62. The normalized spacial score (nSPS) is 22.0. The van der Waals surface area contributed by atoms with Crippen LogP contribution in [0.1, 0.15) is 12.0 Å². The number of para-hydroxylation sites is 1. The summed E-state index contributed by atoms with van der Waals surface area (Å²) in [7, 11) is 2.00. The molecule has 0 amide bonds. The highest BCUT2D eigenvalue weighted by Crippen LogP contribution is 2.35. The van der Waals surface area contributed by atoms with Crippen LogP contribution < -0.4 is 0 Å². The Hall–Kier alpha value is -1.81. The molecular formula is C15H17NO3. The minimum absolute atomic E-state index is 0.175. The van der Waals surface area contributed by atoms with Crippen LogP contribution in [-0.4, -0.2) is 35.6 Å². The van der Waals surface area contributed by atoms with E-state index >= 15 is 0 Å². The van der Waals surface area contributed by atoms with Gasteiger partial charge in [-0.05, 0) is 31.5 Å². The lowest BCUT2D eigenvalue weighted by Crippen LogP contribution is -2.26. The van der Waals surface area contributed by atoms with E-state index in [-0.39, 0.29) is 12.0 Å². The predicted molar refractivity (Wildman–Crippen MR) is 72.1 cm³/mol. The first-order valence-electron chi connectivity index (χ1n) is 6.55. The number of rotatable bonds is 5. The van der Waals surface area contributed by atoms with Crippen LogP contribution in [0.2, 0.25) is 0 Å². The number of nitrogens with zero attached hydrogens (tertiary/aromatic N) is 1. The van der Waals surface area contributed by atoms with Crippen LogP contribution in [0.4, 0.5) is 0 Å². The topological polar surface area (TPSA) is 53.7 Å². The number of carboxylic acids is 1. The van der Waals surface area contributed by atoms with E-state index in [0.717, 1.165) is 30.4 Å². The summed E-state index contributed by atoms with van der Waals surface area (Å²) in [6.07, 6.45) is 3.47. The van der Waals surface area contributed by atoms with Crippen molar-refractivity contribution in [3.63, 3.8) is 0 Å². The van der Waals surface area contributed by atoms with E-state index in [0.29, 0.717) is 0 Å². The molecule has 4 heteroatoms. The summed E-state index contributed by atoms with van der Waals surface area (Å²) < 4.78 is 5.50. The quantitative estimate of drug-likeness (QED) is 0.895. The summed E-state index contributed by atoms with van der Waals surface area (Å²) in [6, 6.07) is 8.20. The molecule has 2 aromatic rings. The number of furan rings is 1. The lowest BCUT2D eigenvalue weighted by molar-refractivity contribution is -0.138. The van der Waals surface area contributed by atoms with Crippen LogP contribution in [0, 0.1) is 5.92 Å². The second-order valence-corrected chi connectivity index (χ2v) is 5.24. The first-order chi connectivity index (χ1) is 9.16. The lowest BCUT2D eigenvalue weighted by atomic mass is 10.1. The fourth-order valence-electron chi connectivity index (χ4n) is 2.62. The molecule has 4 nitrogen and oxygen atoms in total. The summed E-state index contributed by atoms with van der Waals surface area (Å²) in [5.41, 5.74) is 2.10. The Balaban J connectivity index is 1.62. The second-order valence-electron chi connectivity index (χ2n) is 5.24. The molecule has 2 atom stereocenters. The van der Waals surface area contributed by atoms with Crippen LogP contribution >= 0.6 is 0 Å². The Kier molecular flexibility index (Phi) is 3.03. The molecule has 1 aliphatic carbocycles. The zero-order chi connectivity index (χ0) is 13.4. The van der Waals surface area contributed by atoms with Gasteiger partial charge in [-0.15, -0.1) is 0 Å². The van der Waals surface area contributed by atoms with Crippen molar-refractivity contribution < 1.29 is 14.3 Å². The van der Waals surface area contributed by atoms with Gasteiger partial charge in [0.25, 0.3) is 0 Å². The third kappa shape index (κ3) is 2.36. The first-order valence-corrected chi connectivity index (χ1v) is 6.55. The number of carboxylic acid groups (broad SMARTS) is 1. The van der Waals surface area contributed by atoms with Crippen molar-refractivity contribution in [3.05, 3.63) is 36.1 Å². The van der Waals surface area contributed by atoms with Crippen LogP contribution in [0.5, 0.6) is 0 Å². The third-order valence-electron chi connectivity index (χ3n) is 3.94. The standard InChI is InChI=1S/C15H17NO3/c1-16(13-8-12(13)15(17)18)7-6-10-9-19-14-5-3-2-4-11(10)14/h2-5,9,12-13H,6-8H2,1H3,(H,17,18). The number of hydrogen-bond donors (Lipinski definition) is 1. The van der Waals surface area contributed by atoms with Crippen molar-refractivity contribution in [1.82, 2.24) is 4.90 Å². The molecule has 1 heterocycles. The third-order valence-corrected chi connectivity index (χ3v) is 3.94. The van der Waals surface area contributed by atoms with Crippen molar-refractivity contribution in [2.75, 3.05) is 13.6 Å². The van der Waals surface area contributed by atoms with Gasteiger partial charge in [0, 0.05) is 18.0 Å². The van der Waals surface area contributed by atoms with Crippen molar-refractivity contribution in [3.8, 4) is 0 Å². The minimum Gasteiger partial charge on any atom is -0.481 e. The molecule has 0 spiro atoms. The van der Waals surface area contributed by atoms with Crippen molar-refractivity contribution in [2.45, 2.75) is 18.9 Å². The maximum atomic E-state index is 10.8. The molecule has 2 unspecified atom stereocenters. The van der Waals surface area contributed by atoms with E-state index in [2.05, 4.69) is 11.0 Å².